The second-order valence-electron chi connectivity index (χ2n) is 10.9. The van der Waals surface area contributed by atoms with E-state index >= 15 is 0 Å². The number of ether oxygens (including phenoxy) is 4. The van der Waals surface area contributed by atoms with Crippen molar-refractivity contribution in [3.05, 3.63) is 153 Å². The second-order valence-corrected chi connectivity index (χ2v) is 11.9. The van der Waals surface area contributed by atoms with E-state index in [1.54, 1.807) is 55.5 Å². The predicted molar refractivity (Wildman–Crippen MR) is 187 cm³/mol. The average molecular weight is 709 g/mol. The highest BCUT2D eigenvalue weighted by atomic mass is 32.1. The van der Waals surface area contributed by atoms with Crippen LogP contribution in [-0.2, 0) is 9.53 Å². The molecule has 15 heteroatoms. The van der Waals surface area contributed by atoms with E-state index in [9.17, 15) is 29.8 Å². The smallest absolute Gasteiger partial charge is 0.338 e. The fraction of sp³-hybridized carbons (Fsp3) is 0.139. The Labute approximate surface area is 293 Å². The molecule has 1 aliphatic rings. The van der Waals surface area contributed by atoms with Crippen LogP contribution in [0.4, 0.5) is 11.4 Å². The highest BCUT2D eigenvalue weighted by molar-refractivity contribution is 7.07. The van der Waals surface area contributed by atoms with Gasteiger partial charge in [0, 0.05) is 11.6 Å². The van der Waals surface area contributed by atoms with E-state index in [1.165, 1.54) is 18.8 Å². The van der Waals surface area contributed by atoms with Gasteiger partial charge in [-0.2, -0.15) is 0 Å². The van der Waals surface area contributed by atoms with Crippen LogP contribution in [0.25, 0.3) is 11.8 Å². The van der Waals surface area contributed by atoms with Gasteiger partial charge in [0.1, 0.15) is 5.75 Å². The number of carbonyl (C=O) groups excluding carboxylic acids is 1. The molecule has 0 unspecified atom stereocenters. The van der Waals surface area contributed by atoms with Crippen molar-refractivity contribution in [1.29, 1.82) is 0 Å². The number of thiazole rings is 1. The van der Waals surface area contributed by atoms with E-state index in [1.807, 2.05) is 30.3 Å². The van der Waals surface area contributed by atoms with Crippen LogP contribution < -0.4 is 29.1 Å². The number of benzene rings is 4. The fourth-order valence-corrected chi connectivity index (χ4v) is 6.57. The largest absolute Gasteiger partial charge is 0.493 e. The lowest BCUT2D eigenvalue weighted by Crippen LogP contribution is -2.40. The Morgan fingerprint density at radius 1 is 0.902 bits per heavy atom. The van der Waals surface area contributed by atoms with Crippen LogP contribution in [0.2, 0.25) is 0 Å². The maximum atomic E-state index is 14.3. The number of rotatable bonds is 11. The number of nitro benzene ring substituents is 2. The van der Waals surface area contributed by atoms with Gasteiger partial charge in [-0.3, -0.25) is 29.6 Å². The van der Waals surface area contributed by atoms with Gasteiger partial charge in [0.25, 0.3) is 11.2 Å². The number of nitro groups is 2. The number of fused-ring (bicyclic) bond motifs is 1. The van der Waals surface area contributed by atoms with Crippen molar-refractivity contribution < 1.29 is 33.6 Å². The molecule has 6 rings (SSSR count). The summed E-state index contributed by atoms with van der Waals surface area (Å²) in [7, 11) is 2.99. The van der Waals surface area contributed by atoms with E-state index in [-0.39, 0.29) is 28.2 Å². The van der Waals surface area contributed by atoms with Crippen LogP contribution in [0.5, 0.6) is 23.0 Å². The molecule has 1 aliphatic heterocycles. The zero-order chi connectivity index (χ0) is 36.2. The van der Waals surface area contributed by atoms with Gasteiger partial charge in [0.15, 0.2) is 16.3 Å². The molecular formula is C36H28N4O10S. The third-order valence-electron chi connectivity index (χ3n) is 7.83. The number of nitrogens with zero attached hydrogens (tertiary/aromatic N) is 4. The molecule has 0 radical (unpaired) electrons. The first kappa shape index (κ1) is 34.3. The summed E-state index contributed by atoms with van der Waals surface area (Å²) >= 11 is 1.11. The molecule has 0 fully saturated rings. The maximum absolute atomic E-state index is 14.3. The van der Waals surface area contributed by atoms with E-state index in [4.69, 9.17) is 23.9 Å². The number of esters is 1. The minimum atomic E-state index is -0.963. The van der Waals surface area contributed by atoms with Crippen LogP contribution in [0.1, 0.15) is 29.7 Å². The van der Waals surface area contributed by atoms with Crippen molar-refractivity contribution in [3.63, 3.8) is 0 Å². The van der Waals surface area contributed by atoms with Crippen LogP contribution in [0.15, 0.2) is 106 Å². The van der Waals surface area contributed by atoms with Crippen LogP contribution in [0, 0.1) is 20.2 Å². The monoisotopic (exact) mass is 708 g/mol. The van der Waals surface area contributed by atoms with E-state index in [2.05, 4.69) is 0 Å². The molecule has 258 valence electrons. The minimum absolute atomic E-state index is 0.0922. The molecule has 14 nitrogen and oxygen atoms in total. The Hall–Kier alpha value is -6.61. The second kappa shape index (κ2) is 14.5. The Bertz CT molecular complexity index is 2400. The highest BCUT2D eigenvalue weighted by Crippen LogP contribution is 2.39. The third kappa shape index (κ3) is 6.82. The summed E-state index contributed by atoms with van der Waals surface area (Å²) in [5, 5.41) is 22.8. The summed E-state index contributed by atoms with van der Waals surface area (Å²) in [6.45, 7) is 1.79. The topological polar surface area (TPSA) is 175 Å². The standard InChI is InChI=1S/C36H28N4O10S/c1-4-49-35(42)31-32(22-10-6-5-7-11-22)37-36-38(33(31)23-13-15-28(47-2)29(19-23)48-3)34(41)30(51-36)18-21-9-8-12-25(17-21)50-27-16-14-24(39(43)44)20-26(27)40(45)46/h5-20,33H,4H2,1-3H3/b30-18+/t33-/m0/s1. The molecule has 5 aromatic rings. The Morgan fingerprint density at radius 2 is 1.65 bits per heavy atom. The maximum Gasteiger partial charge on any atom is 0.338 e. The summed E-state index contributed by atoms with van der Waals surface area (Å²) in [5.74, 6) is 0.201. The van der Waals surface area contributed by atoms with E-state index < -0.39 is 38.8 Å². The summed E-state index contributed by atoms with van der Waals surface area (Å²) in [4.78, 5) is 54.6. The quantitative estimate of drug-likeness (QED) is 0.0960. The summed E-state index contributed by atoms with van der Waals surface area (Å²) in [6.07, 6.45) is 1.61. The molecule has 51 heavy (non-hydrogen) atoms. The normalized spacial score (nSPS) is 13.9. The molecule has 0 saturated heterocycles. The van der Waals surface area contributed by atoms with Crippen molar-refractivity contribution in [1.82, 2.24) is 4.57 Å². The van der Waals surface area contributed by atoms with Gasteiger partial charge in [-0.05, 0) is 54.5 Å². The van der Waals surface area contributed by atoms with Crippen molar-refractivity contribution in [3.8, 4) is 23.0 Å². The number of methoxy groups -OCH3 is 2. The first-order valence-electron chi connectivity index (χ1n) is 15.3. The van der Waals surface area contributed by atoms with Crippen LogP contribution >= 0.6 is 11.3 Å². The average Bonchev–Trinajstić information content (AvgIpc) is 3.44. The minimum Gasteiger partial charge on any atom is -0.493 e. The van der Waals surface area contributed by atoms with Gasteiger partial charge in [0.05, 0.1) is 58.6 Å². The Kier molecular flexibility index (Phi) is 9.72. The lowest BCUT2D eigenvalue weighted by Gasteiger charge is -2.26. The van der Waals surface area contributed by atoms with E-state index in [0.717, 1.165) is 29.5 Å². The Morgan fingerprint density at radius 3 is 2.33 bits per heavy atom. The first-order chi connectivity index (χ1) is 24.6. The van der Waals surface area contributed by atoms with Crippen molar-refractivity contribution >= 4 is 40.5 Å². The predicted octanol–water partition coefficient (Wildman–Crippen LogP) is 5.56. The van der Waals surface area contributed by atoms with Gasteiger partial charge in [-0.15, -0.1) is 0 Å². The van der Waals surface area contributed by atoms with Crippen molar-refractivity contribution in [2.24, 2.45) is 4.99 Å². The summed E-state index contributed by atoms with van der Waals surface area (Å²) in [6, 6.07) is 22.8. The Balaban J connectivity index is 1.51. The zero-order valence-corrected chi connectivity index (χ0v) is 28.1. The lowest BCUT2D eigenvalue weighted by atomic mass is 9.93. The zero-order valence-electron chi connectivity index (χ0n) is 27.3. The number of carbonyl (C=O) groups is 1. The molecule has 0 saturated carbocycles. The van der Waals surface area contributed by atoms with Crippen LogP contribution in [0.3, 0.4) is 0 Å². The highest BCUT2D eigenvalue weighted by Gasteiger charge is 2.35. The van der Waals surface area contributed by atoms with Gasteiger partial charge < -0.3 is 18.9 Å². The molecule has 2 heterocycles. The number of non-ortho nitro benzene ring substituents is 1. The lowest BCUT2D eigenvalue weighted by molar-refractivity contribution is -0.394. The fourth-order valence-electron chi connectivity index (χ4n) is 5.57. The molecular weight excluding hydrogens is 680 g/mol. The van der Waals surface area contributed by atoms with Gasteiger partial charge >= 0.3 is 11.7 Å². The van der Waals surface area contributed by atoms with Crippen molar-refractivity contribution in [2.45, 2.75) is 13.0 Å². The summed E-state index contributed by atoms with van der Waals surface area (Å²) < 4.78 is 24.0. The molecule has 0 bridgehead atoms. The summed E-state index contributed by atoms with van der Waals surface area (Å²) in [5.41, 5.74) is 0.746. The van der Waals surface area contributed by atoms with Crippen molar-refractivity contribution in [2.75, 3.05) is 20.8 Å². The SMILES string of the molecule is CCOC(=O)C1=C(c2ccccc2)N=c2s/c(=C/c3cccc(Oc4ccc([N+](=O)[O-])cc4[N+](=O)[O-])c3)c(=O)n2[C@H]1c1ccc(OC)c(OC)c1. The molecule has 0 N–H and O–H groups in total. The van der Waals surface area contributed by atoms with Crippen LogP contribution in [-0.4, -0.2) is 41.2 Å². The first-order valence-corrected chi connectivity index (χ1v) is 16.2. The van der Waals surface area contributed by atoms with Gasteiger partial charge in [-0.1, -0.05) is 59.9 Å². The van der Waals surface area contributed by atoms with Gasteiger partial charge in [0.2, 0.25) is 5.75 Å². The van der Waals surface area contributed by atoms with Gasteiger partial charge in [-0.25, -0.2) is 9.79 Å². The molecule has 4 aromatic carbocycles. The molecule has 0 amide bonds. The molecule has 1 atom stereocenters. The molecule has 1 aromatic heterocycles. The molecule has 0 aliphatic carbocycles. The number of aromatic nitrogens is 1. The number of hydrogen-bond acceptors (Lipinski definition) is 12. The van der Waals surface area contributed by atoms with E-state index in [0.29, 0.717) is 38.7 Å². The molecule has 0 spiro atoms. The number of hydrogen-bond donors (Lipinski definition) is 0. The third-order valence-corrected chi connectivity index (χ3v) is 8.81.